The van der Waals surface area contributed by atoms with Gasteiger partial charge in [-0.25, -0.2) is 4.39 Å². The zero-order chi connectivity index (χ0) is 14.5. The molecule has 1 aliphatic heterocycles. The van der Waals surface area contributed by atoms with Gasteiger partial charge in [-0.2, -0.15) is 0 Å². The second-order valence-electron chi connectivity index (χ2n) is 4.84. The fourth-order valence-corrected chi connectivity index (χ4v) is 2.54. The van der Waals surface area contributed by atoms with E-state index in [9.17, 15) is 9.18 Å². The van der Waals surface area contributed by atoms with Crippen LogP contribution in [0.4, 0.5) is 4.39 Å². The number of carbonyl (C=O) groups excluding carboxylic acids is 1. The number of nitrogens with zero attached hydrogens (tertiary/aromatic N) is 1. The van der Waals surface area contributed by atoms with E-state index >= 15 is 0 Å². The van der Waals surface area contributed by atoms with Gasteiger partial charge in [0.1, 0.15) is 11.6 Å². The fourth-order valence-electron chi connectivity index (χ4n) is 2.37. The largest absolute Gasteiger partial charge is 0.484 e. The Morgan fingerprint density at radius 3 is 3.00 bits per heavy atom. The number of halogens is 2. The number of likely N-dealkylation sites (tertiary alicyclic amines) is 1. The maximum absolute atomic E-state index is 13.0. The van der Waals surface area contributed by atoms with Crippen molar-refractivity contribution in [2.24, 2.45) is 5.73 Å². The molecule has 6 heteroatoms. The predicted octanol–water partition coefficient (Wildman–Crippen LogP) is 2.20. The van der Waals surface area contributed by atoms with Crippen LogP contribution < -0.4 is 10.5 Å². The molecular weight excluding hydrogens is 283 g/mol. The van der Waals surface area contributed by atoms with Crippen LogP contribution in [0.3, 0.4) is 0 Å². The molecule has 1 heterocycles. The SMILES string of the molecule is NCC1CCCCN1C(=O)COc1ccc(F)c(Cl)c1. The van der Waals surface area contributed by atoms with Crippen molar-refractivity contribution in [2.45, 2.75) is 25.3 Å². The van der Waals surface area contributed by atoms with E-state index < -0.39 is 5.82 Å². The first-order valence-corrected chi connectivity index (χ1v) is 7.07. The summed E-state index contributed by atoms with van der Waals surface area (Å²) in [5.41, 5.74) is 5.68. The highest BCUT2D eigenvalue weighted by Gasteiger charge is 2.25. The van der Waals surface area contributed by atoms with Gasteiger partial charge in [0.2, 0.25) is 0 Å². The molecule has 0 aliphatic carbocycles. The van der Waals surface area contributed by atoms with E-state index in [1.807, 2.05) is 0 Å². The van der Waals surface area contributed by atoms with Crippen LogP contribution in [-0.2, 0) is 4.79 Å². The molecule has 4 nitrogen and oxygen atoms in total. The Labute approximate surface area is 122 Å². The third-order valence-corrected chi connectivity index (χ3v) is 3.76. The second kappa shape index (κ2) is 6.90. The van der Waals surface area contributed by atoms with Crippen molar-refractivity contribution in [3.05, 3.63) is 29.0 Å². The van der Waals surface area contributed by atoms with Crippen molar-refractivity contribution in [3.63, 3.8) is 0 Å². The van der Waals surface area contributed by atoms with Crippen molar-refractivity contribution < 1.29 is 13.9 Å². The molecule has 0 aromatic heterocycles. The average Bonchev–Trinajstić information content (AvgIpc) is 2.48. The standard InChI is InChI=1S/C14H18ClFN2O2/c15-12-7-11(4-5-13(12)16)20-9-14(19)18-6-2-1-3-10(18)8-17/h4-5,7,10H,1-3,6,8-9,17H2. The van der Waals surface area contributed by atoms with E-state index in [1.54, 1.807) is 4.90 Å². The molecule has 110 valence electrons. The molecule has 1 aromatic rings. The molecule has 1 amide bonds. The van der Waals surface area contributed by atoms with Crippen molar-refractivity contribution >= 4 is 17.5 Å². The summed E-state index contributed by atoms with van der Waals surface area (Å²) in [6.07, 6.45) is 3.02. The quantitative estimate of drug-likeness (QED) is 0.927. The lowest BCUT2D eigenvalue weighted by Gasteiger charge is -2.34. The first-order chi connectivity index (χ1) is 9.61. The zero-order valence-electron chi connectivity index (χ0n) is 11.1. The van der Waals surface area contributed by atoms with Crippen molar-refractivity contribution in [1.82, 2.24) is 4.90 Å². The first-order valence-electron chi connectivity index (χ1n) is 6.69. The van der Waals surface area contributed by atoms with E-state index in [0.29, 0.717) is 18.8 Å². The number of carbonyl (C=O) groups is 1. The first kappa shape index (κ1) is 15.1. The summed E-state index contributed by atoms with van der Waals surface area (Å²) >= 11 is 5.66. The van der Waals surface area contributed by atoms with Crippen LogP contribution in [0.2, 0.25) is 5.02 Å². The number of nitrogens with two attached hydrogens (primary N) is 1. The summed E-state index contributed by atoms with van der Waals surface area (Å²) in [6.45, 7) is 1.10. The lowest BCUT2D eigenvalue weighted by Crippen LogP contribution is -2.49. The lowest BCUT2D eigenvalue weighted by molar-refractivity contribution is -0.136. The normalized spacial score (nSPS) is 18.9. The Kier molecular flexibility index (Phi) is 5.20. The number of hydrogen-bond donors (Lipinski definition) is 1. The molecule has 2 rings (SSSR count). The number of ether oxygens (including phenoxy) is 1. The molecule has 2 N–H and O–H groups in total. The summed E-state index contributed by atoms with van der Waals surface area (Å²) < 4.78 is 18.4. The smallest absolute Gasteiger partial charge is 0.260 e. The van der Waals surface area contributed by atoms with Crippen LogP contribution >= 0.6 is 11.6 Å². The van der Waals surface area contributed by atoms with Crippen molar-refractivity contribution in [1.29, 1.82) is 0 Å². The summed E-state index contributed by atoms with van der Waals surface area (Å²) in [4.78, 5) is 13.9. The number of amides is 1. The van der Waals surface area contributed by atoms with Gasteiger partial charge in [-0.05, 0) is 31.4 Å². The predicted molar refractivity (Wildman–Crippen MR) is 75.3 cm³/mol. The summed E-state index contributed by atoms with van der Waals surface area (Å²) in [5.74, 6) is -0.226. The summed E-state index contributed by atoms with van der Waals surface area (Å²) in [7, 11) is 0. The Balaban J connectivity index is 1.92. The number of hydrogen-bond acceptors (Lipinski definition) is 3. The minimum atomic E-state index is -0.510. The highest BCUT2D eigenvalue weighted by Crippen LogP contribution is 2.21. The van der Waals surface area contributed by atoms with E-state index in [0.717, 1.165) is 19.3 Å². The molecule has 1 fully saturated rings. The molecule has 1 aromatic carbocycles. The Morgan fingerprint density at radius 1 is 1.50 bits per heavy atom. The van der Waals surface area contributed by atoms with Crippen molar-refractivity contribution in [2.75, 3.05) is 19.7 Å². The van der Waals surface area contributed by atoms with Crippen LogP contribution in [0.25, 0.3) is 0 Å². The van der Waals surface area contributed by atoms with E-state index in [2.05, 4.69) is 0 Å². The molecule has 1 aliphatic rings. The molecule has 0 radical (unpaired) electrons. The van der Waals surface area contributed by atoms with Gasteiger partial charge < -0.3 is 15.4 Å². The van der Waals surface area contributed by atoms with Gasteiger partial charge in [0.25, 0.3) is 5.91 Å². The number of piperidine rings is 1. The minimum absolute atomic E-state index is 0.0206. The molecule has 20 heavy (non-hydrogen) atoms. The molecule has 0 spiro atoms. The second-order valence-corrected chi connectivity index (χ2v) is 5.24. The number of benzene rings is 1. The Morgan fingerprint density at radius 2 is 2.30 bits per heavy atom. The van der Waals surface area contributed by atoms with Gasteiger partial charge in [0.05, 0.1) is 5.02 Å². The Bertz CT molecular complexity index is 484. The van der Waals surface area contributed by atoms with Crippen LogP contribution in [0.5, 0.6) is 5.75 Å². The van der Waals surface area contributed by atoms with Crippen LogP contribution in [0.15, 0.2) is 18.2 Å². The molecular formula is C14H18ClFN2O2. The van der Waals surface area contributed by atoms with Crippen LogP contribution in [-0.4, -0.2) is 36.5 Å². The van der Waals surface area contributed by atoms with E-state index in [1.165, 1.54) is 18.2 Å². The van der Waals surface area contributed by atoms with Gasteiger partial charge >= 0.3 is 0 Å². The molecule has 1 atom stereocenters. The van der Waals surface area contributed by atoms with Gasteiger partial charge in [0.15, 0.2) is 6.61 Å². The van der Waals surface area contributed by atoms with Gasteiger partial charge in [-0.15, -0.1) is 0 Å². The highest BCUT2D eigenvalue weighted by molar-refractivity contribution is 6.30. The highest BCUT2D eigenvalue weighted by atomic mass is 35.5. The minimum Gasteiger partial charge on any atom is -0.484 e. The average molecular weight is 301 g/mol. The molecule has 0 bridgehead atoms. The van der Waals surface area contributed by atoms with Gasteiger partial charge in [-0.3, -0.25) is 4.79 Å². The van der Waals surface area contributed by atoms with Crippen molar-refractivity contribution in [3.8, 4) is 5.75 Å². The third kappa shape index (κ3) is 3.61. The van der Waals surface area contributed by atoms with E-state index in [4.69, 9.17) is 22.1 Å². The molecule has 0 saturated carbocycles. The van der Waals surface area contributed by atoms with E-state index in [-0.39, 0.29) is 23.6 Å². The topological polar surface area (TPSA) is 55.6 Å². The van der Waals surface area contributed by atoms with Crippen LogP contribution in [0.1, 0.15) is 19.3 Å². The zero-order valence-corrected chi connectivity index (χ0v) is 11.9. The third-order valence-electron chi connectivity index (χ3n) is 3.47. The molecule has 1 saturated heterocycles. The maximum atomic E-state index is 13.0. The number of rotatable bonds is 4. The summed E-state index contributed by atoms with van der Waals surface area (Å²) in [5, 5.41) is -0.0206. The Hall–Kier alpha value is -1.33. The maximum Gasteiger partial charge on any atom is 0.260 e. The fraction of sp³-hybridized carbons (Fsp3) is 0.500. The van der Waals surface area contributed by atoms with Crippen LogP contribution in [0, 0.1) is 5.82 Å². The molecule has 1 unspecified atom stereocenters. The lowest BCUT2D eigenvalue weighted by atomic mass is 10.0. The van der Waals surface area contributed by atoms with Gasteiger partial charge in [-0.1, -0.05) is 11.6 Å². The summed E-state index contributed by atoms with van der Waals surface area (Å²) in [6, 6.07) is 4.12. The van der Waals surface area contributed by atoms with Gasteiger partial charge in [0, 0.05) is 25.2 Å². The monoisotopic (exact) mass is 300 g/mol.